The number of hydrogen-bond acceptors (Lipinski definition) is 5. The normalized spacial score (nSPS) is 27.9. The summed E-state index contributed by atoms with van der Waals surface area (Å²) in [5, 5.41) is 14.1. The summed E-state index contributed by atoms with van der Waals surface area (Å²) in [5.41, 5.74) is 8.60. The van der Waals surface area contributed by atoms with Crippen molar-refractivity contribution in [2.24, 2.45) is 17.8 Å². The van der Waals surface area contributed by atoms with E-state index in [0.717, 1.165) is 62.2 Å². The third-order valence-electron chi connectivity index (χ3n) is 8.27. The molecule has 4 rings (SSSR count). The van der Waals surface area contributed by atoms with Gasteiger partial charge in [-0.1, -0.05) is 17.7 Å². The van der Waals surface area contributed by atoms with Crippen LogP contribution in [0.15, 0.2) is 12.1 Å². The van der Waals surface area contributed by atoms with Gasteiger partial charge < -0.3 is 21.1 Å². The number of benzene rings is 1. The van der Waals surface area contributed by atoms with Gasteiger partial charge in [-0.2, -0.15) is 0 Å². The van der Waals surface area contributed by atoms with Gasteiger partial charge in [-0.15, -0.1) is 0 Å². The fraction of sp³-hybridized carbons (Fsp3) is 0.731. The van der Waals surface area contributed by atoms with Gasteiger partial charge in [0.25, 0.3) is 0 Å². The summed E-state index contributed by atoms with van der Waals surface area (Å²) in [6, 6.07) is 4.54. The Bertz CT molecular complexity index is 802. The first-order chi connectivity index (χ1) is 15.8. The molecule has 1 aliphatic carbocycles. The highest BCUT2D eigenvalue weighted by atomic mass is 35.5. The number of halogens is 1. The van der Waals surface area contributed by atoms with E-state index in [2.05, 4.69) is 15.1 Å². The molecule has 1 saturated carbocycles. The zero-order chi connectivity index (χ0) is 23.5. The second-order valence-corrected chi connectivity index (χ2v) is 11.0. The van der Waals surface area contributed by atoms with Gasteiger partial charge >= 0.3 is 0 Å². The summed E-state index contributed by atoms with van der Waals surface area (Å²) in [7, 11) is 0. The molecule has 0 radical (unpaired) electrons. The fourth-order valence-corrected chi connectivity index (χ4v) is 6.35. The number of carbonyl (C=O) groups excluding carboxylic acids is 1. The Morgan fingerprint density at radius 3 is 2.61 bits per heavy atom. The van der Waals surface area contributed by atoms with Crippen LogP contribution in [-0.4, -0.2) is 72.2 Å². The maximum Gasteiger partial charge on any atom is 0.226 e. The molecule has 2 aliphatic heterocycles. The first kappa shape index (κ1) is 24.8. The minimum Gasteiger partial charge on any atom is -0.397 e. The van der Waals surface area contributed by atoms with E-state index in [9.17, 15) is 9.90 Å². The second-order valence-electron chi connectivity index (χ2n) is 10.6. The molecule has 0 spiro atoms. The number of nitrogens with zero attached hydrogens (tertiary/aromatic N) is 2. The van der Waals surface area contributed by atoms with Gasteiger partial charge in [0.15, 0.2) is 0 Å². The number of aryl methyl sites for hydroxylation is 1. The number of carbonyl (C=O) groups is 1. The summed E-state index contributed by atoms with van der Waals surface area (Å²) in [6.07, 6.45) is 5.58. The van der Waals surface area contributed by atoms with Crippen LogP contribution in [-0.2, 0) is 11.2 Å². The van der Waals surface area contributed by atoms with Crippen molar-refractivity contribution < 1.29 is 9.90 Å². The van der Waals surface area contributed by atoms with E-state index in [0.29, 0.717) is 36.0 Å². The Morgan fingerprint density at radius 2 is 1.97 bits per heavy atom. The molecule has 1 amide bonds. The van der Waals surface area contributed by atoms with Gasteiger partial charge in [0.1, 0.15) is 0 Å². The van der Waals surface area contributed by atoms with Crippen molar-refractivity contribution in [3.63, 3.8) is 0 Å². The lowest BCUT2D eigenvalue weighted by molar-refractivity contribution is -0.138. The van der Waals surface area contributed by atoms with Crippen LogP contribution in [0.4, 0.5) is 5.69 Å². The number of amides is 1. The Morgan fingerprint density at radius 1 is 1.21 bits per heavy atom. The molecule has 3 aliphatic rings. The van der Waals surface area contributed by atoms with Gasteiger partial charge in [-0.3, -0.25) is 9.69 Å². The van der Waals surface area contributed by atoms with Crippen LogP contribution in [0.1, 0.15) is 50.2 Å². The van der Waals surface area contributed by atoms with Gasteiger partial charge in [0.2, 0.25) is 5.91 Å². The highest BCUT2D eigenvalue weighted by Crippen LogP contribution is 2.41. The molecule has 2 saturated heterocycles. The monoisotopic (exact) mass is 476 g/mol. The number of piperazine rings is 1. The molecule has 33 heavy (non-hydrogen) atoms. The van der Waals surface area contributed by atoms with Crippen LogP contribution in [0.5, 0.6) is 0 Å². The Balaban J connectivity index is 1.39. The molecule has 1 aromatic rings. The molecular weight excluding hydrogens is 436 g/mol. The Hall–Kier alpha value is -1.34. The number of nitrogens with one attached hydrogen (secondary N) is 1. The van der Waals surface area contributed by atoms with Crippen LogP contribution in [0.2, 0.25) is 5.02 Å². The number of aliphatic hydroxyl groups is 1. The first-order valence-corrected chi connectivity index (χ1v) is 13.2. The molecule has 6 nitrogen and oxygen atoms in total. The lowest BCUT2D eigenvalue weighted by atomic mass is 9.68. The third kappa shape index (κ3) is 5.84. The number of anilines is 1. The topological polar surface area (TPSA) is 81.8 Å². The zero-order valence-corrected chi connectivity index (χ0v) is 21.0. The maximum atomic E-state index is 13.6. The molecule has 0 aromatic heterocycles. The summed E-state index contributed by atoms with van der Waals surface area (Å²) in [5.74, 6) is 1.78. The van der Waals surface area contributed by atoms with Crippen molar-refractivity contribution in [2.45, 2.75) is 64.5 Å². The third-order valence-corrected chi connectivity index (χ3v) is 8.58. The lowest BCUT2D eigenvalue weighted by Crippen LogP contribution is -2.58. The van der Waals surface area contributed by atoms with Crippen molar-refractivity contribution in [2.75, 3.05) is 45.0 Å². The SMILES string of the molecule is Cc1cc(C[C@@H](CCC(C)O)C(=O)N2CCN(C3CNCCC4CCC43)CC2)cc(Cl)c1N. The van der Waals surface area contributed by atoms with Crippen molar-refractivity contribution in [3.8, 4) is 0 Å². The fourth-order valence-electron chi connectivity index (χ4n) is 6.06. The van der Waals surface area contributed by atoms with E-state index in [4.69, 9.17) is 17.3 Å². The van der Waals surface area contributed by atoms with E-state index < -0.39 is 6.10 Å². The molecule has 7 heteroatoms. The van der Waals surface area contributed by atoms with Crippen LogP contribution in [0, 0.1) is 24.7 Å². The molecule has 4 N–H and O–H groups in total. The van der Waals surface area contributed by atoms with Crippen molar-refractivity contribution in [1.29, 1.82) is 0 Å². The molecular formula is C26H41ClN4O2. The minimum atomic E-state index is -0.410. The number of fused-ring (bicyclic) bond motifs is 1. The average Bonchev–Trinajstić information content (AvgIpc) is 2.92. The highest BCUT2D eigenvalue weighted by Gasteiger charge is 2.41. The van der Waals surface area contributed by atoms with Crippen LogP contribution in [0.25, 0.3) is 0 Å². The number of hydrogen-bond donors (Lipinski definition) is 3. The number of nitrogen functional groups attached to an aromatic ring is 1. The molecule has 3 fully saturated rings. The van der Waals surface area contributed by atoms with Crippen molar-refractivity contribution >= 4 is 23.2 Å². The van der Waals surface area contributed by atoms with E-state index in [1.54, 1.807) is 6.92 Å². The summed E-state index contributed by atoms with van der Waals surface area (Å²) < 4.78 is 0. The highest BCUT2D eigenvalue weighted by molar-refractivity contribution is 6.33. The number of rotatable bonds is 7. The van der Waals surface area contributed by atoms with Crippen molar-refractivity contribution in [1.82, 2.24) is 15.1 Å². The second kappa shape index (κ2) is 10.9. The molecule has 2 heterocycles. The zero-order valence-electron chi connectivity index (χ0n) is 20.2. The maximum absolute atomic E-state index is 13.6. The lowest BCUT2D eigenvalue weighted by Gasteiger charge is -2.47. The van der Waals surface area contributed by atoms with E-state index in [-0.39, 0.29) is 11.8 Å². The molecule has 1 aromatic carbocycles. The Kier molecular flexibility index (Phi) is 8.21. The van der Waals surface area contributed by atoms with Crippen LogP contribution >= 0.6 is 11.6 Å². The predicted molar refractivity (Wildman–Crippen MR) is 134 cm³/mol. The van der Waals surface area contributed by atoms with Gasteiger partial charge in [0, 0.05) is 44.7 Å². The standard InChI is InChI=1S/C26H41ClN4O2/c1-17-13-19(15-23(27)25(17)28)14-21(4-3-18(2)32)26(33)31-11-9-30(10-12-31)24-16-29-8-7-20-5-6-22(20)24/h13,15,18,20-22,24,29,32H,3-12,14,16,28H2,1-2H3/t18?,20?,21-,22?,24?/m1/s1. The quantitative estimate of drug-likeness (QED) is 0.527. The predicted octanol–water partition coefficient (Wildman–Crippen LogP) is 3.08. The largest absolute Gasteiger partial charge is 0.397 e. The summed E-state index contributed by atoms with van der Waals surface area (Å²) in [6.45, 7) is 9.47. The smallest absolute Gasteiger partial charge is 0.226 e. The molecule has 4 unspecified atom stereocenters. The molecule has 184 valence electrons. The summed E-state index contributed by atoms with van der Waals surface area (Å²) in [4.78, 5) is 18.3. The Labute approximate surface area is 203 Å². The minimum absolute atomic E-state index is 0.152. The van der Waals surface area contributed by atoms with Crippen LogP contribution < -0.4 is 11.1 Å². The van der Waals surface area contributed by atoms with E-state index in [1.807, 2.05) is 19.1 Å². The summed E-state index contributed by atoms with van der Waals surface area (Å²) >= 11 is 6.32. The number of aliphatic hydroxyl groups excluding tert-OH is 1. The van der Waals surface area contributed by atoms with Crippen LogP contribution in [0.3, 0.4) is 0 Å². The van der Waals surface area contributed by atoms with Gasteiger partial charge in [-0.05, 0) is 87.9 Å². The van der Waals surface area contributed by atoms with E-state index >= 15 is 0 Å². The van der Waals surface area contributed by atoms with Gasteiger partial charge in [-0.25, -0.2) is 0 Å². The van der Waals surface area contributed by atoms with Gasteiger partial charge in [0.05, 0.1) is 16.8 Å². The number of nitrogens with two attached hydrogens (primary N) is 1. The molecule has 5 atom stereocenters. The molecule has 0 bridgehead atoms. The average molecular weight is 477 g/mol. The van der Waals surface area contributed by atoms with E-state index in [1.165, 1.54) is 19.3 Å². The van der Waals surface area contributed by atoms with Crippen molar-refractivity contribution in [3.05, 3.63) is 28.3 Å². The first-order valence-electron chi connectivity index (χ1n) is 12.8.